The lowest BCUT2D eigenvalue weighted by molar-refractivity contribution is -0.155. The van der Waals surface area contributed by atoms with Gasteiger partial charge in [0.2, 0.25) is 0 Å². The summed E-state index contributed by atoms with van der Waals surface area (Å²) in [7, 11) is 0. The lowest BCUT2D eigenvalue weighted by Crippen LogP contribution is -2.60. The number of piperidine rings is 1. The first-order valence-corrected chi connectivity index (χ1v) is 6.39. The molecule has 2 aliphatic rings. The maximum atomic E-state index is 11.6. The van der Waals surface area contributed by atoms with Crippen LogP contribution in [-0.4, -0.2) is 40.6 Å². The second kappa shape index (κ2) is 4.72. The van der Waals surface area contributed by atoms with Gasteiger partial charge in [-0.25, -0.2) is 0 Å². The first-order valence-electron chi connectivity index (χ1n) is 6.39. The van der Waals surface area contributed by atoms with Gasteiger partial charge in [0.1, 0.15) is 5.54 Å². The Labute approximate surface area is 96.8 Å². The number of carboxylic acids is 1. The van der Waals surface area contributed by atoms with Crippen molar-refractivity contribution in [3.63, 3.8) is 0 Å². The van der Waals surface area contributed by atoms with Crippen LogP contribution in [-0.2, 0) is 4.79 Å². The Kier molecular flexibility index (Phi) is 3.50. The number of rotatable bonds is 2. The van der Waals surface area contributed by atoms with Gasteiger partial charge in [0, 0.05) is 12.6 Å². The first-order chi connectivity index (χ1) is 7.65. The Morgan fingerprint density at radius 3 is 2.50 bits per heavy atom. The number of nitrogens with zero attached hydrogens (tertiary/aromatic N) is 1. The Hall–Kier alpha value is -0.610. The van der Waals surface area contributed by atoms with E-state index in [1.807, 2.05) is 0 Å². The average molecular weight is 226 g/mol. The molecule has 92 valence electrons. The lowest BCUT2D eigenvalue weighted by Gasteiger charge is -2.46. The van der Waals surface area contributed by atoms with Crippen molar-refractivity contribution in [1.82, 2.24) is 4.90 Å². The van der Waals surface area contributed by atoms with Gasteiger partial charge >= 0.3 is 5.97 Å². The number of hydrogen-bond acceptors (Lipinski definition) is 3. The van der Waals surface area contributed by atoms with Crippen LogP contribution in [0.4, 0.5) is 0 Å². The van der Waals surface area contributed by atoms with Gasteiger partial charge < -0.3 is 10.8 Å². The maximum absolute atomic E-state index is 11.6. The summed E-state index contributed by atoms with van der Waals surface area (Å²) in [5, 5.41) is 9.54. The van der Waals surface area contributed by atoms with Gasteiger partial charge in [-0.1, -0.05) is 19.3 Å². The standard InChI is InChI=1S/C12H22N2O2/c13-10-5-4-8-14(9-10)12(11(15)16)6-2-1-3-7-12/h10H,1-9,13H2,(H,15,16). The maximum Gasteiger partial charge on any atom is 0.324 e. The van der Waals surface area contributed by atoms with Crippen LogP contribution in [0.2, 0.25) is 0 Å². The van der Waals surface area contributed by atoms with E-state index in [9.17, 15) is 9.90 Å². The Morgan fingerprint density at radius 2 is 1.94 bits per heavy atom. The number of likely N-dealkylation sites (tertiary alicyclic amines) is 1. The number of hydrogen-bond donors (Lipinski definition) is 2. The largest absolute Gasteiger partial charge is 0.480 e. The summed E-state index contributed by atoms with van der Waals surface area (Å²) in [6.45, 7) is 1.66. The summed E-state index contributed by atoms with van der Waals surface area (Å²) >= 11 is 0. The van der Waals surface area contributed by atoms with Crippen LogP contribution in [0, 0.1) is 0 Å². The Morgan fingerprint density at radius 1 is 1.25 bits per heavy atom. The molecule has 1 atom stereocenters. The summed E-state index contributed by atoms with van der Waals surface area (Å²) in [5.41, 5.74) is 5.36. The molecule has 16 heavy (non-hydrogen) atoms. The molecule has 0 radical (unpaired) electrons. The van der Waals surface area contributed by atoms with Crippen LogP contribution in [0.1, 0.15) is 44.9 Å². The normalized spacial score (nSPS) is 31.2. The van der Waals surface area contributed by atoms with Crippen molar-refractivity contribution in [1.29, 1.82) is 0 Å². The zero-order chi connectivity index (χ0) is 11.6. The third kappa shape index (κ3) is 2.09. The summed E-state index contributed by atoms with van der Waals surface area (Å²) in [4.78, 5) is 13.7. The van der Waals surface area contributed by atoms with Crippen LogP contribution in [0.5, 0.6) is 0 Å². The minimum atomic E-state index is -0.638. The van der Waals surface area contributed by atoms with Crippen molar-refractivity contribution in [2.75, 3.05) is 13.1 Å². The quantitative estimate of drug-likeness (QED) is 0.742. The molecular formula is C12H22N2O2. The van der Waals surface area contributed by atoms with E-state index < -0.39 is 11.5 Å². The molecule has 0 aromatic rings. The Balaban J connectivity index is 2.14. The zero-order valence-electron chi connectivity index (χ0n) is 9.82. The summed E-state index contributed by atoms with van der Waals surface area (Å²) in [6, 6.07) is 0.159. The van der Waals surface area contributed by atoms with Gasteiger partial charge in [-0.3, -0.25) is 9.69 Å². The molecular weight excluding hydrogens is 204 g/mol. The number of carbonyl (C=O) groups is 1. The number of aliphatic carboxylic acids is 1. The second-order valence-corrected chi connectivity index (χ2v) is 5.25. The average Bonchev–Trinajstić information content (AvgIpc) is 2.30. The molecule has 1 unspecified atom stereocenters. The fraction of sp³-hybridized carbons (Fsp3) is 0.917. The van der Waals surface area contributed by atoms with Gasteiger partial charge in [0.15, 0.2) is 0 Å². The van der Waals surface area contributed by atoms with Crippen molar-refractivity contribution in [2.24, 2.45) is 5.73 Å². The van der Waals surface area contributed by atoms with Crippen LogP contribution in [0.15, 0.2) is 0 Å². The molecule has 1 saturated carbocycles. The molecule has 4 heteroatoms. The third-order valence-electron chi connectivity index (χ3n) is 4.14. The van der Waals surface area contributed by atoms with E-state index in [0.717, 1.165) is 51.6 Å². The summed E-state index contributed by atoms with van der Waals surface area (Å²) in [5.74, 6) is -0.638. The highest BCUT2D eigenvalue weighted by Gasteiger charge is 2.45. The molecule has 1 saturated heterocycles. The van der Waals surface area contributed by atoms with E-state index in [4.69, 9.17) is 5.73 Å². The summed E-state index contributed by atoms with van der Waals surface area (Å²) in [6.07, 6.45) is 6.93. The fourth-order valence-electron chi connectivity index (χ4n) is 3.20. The van der Waals surface area contributed by atoms with E-state index in [2.05, 4.69) is 4.90 Å². The van der Waals surface area contributed by atoms with Gasteiger partial charge in [0.05, 0.1) is 0 Å². The van der Waals surface area contributed by atoms with Crippen LogP contribution in [0.3, 0.4) is 0 Å². The Bertz CT molecular complexity index is 262. The predicted octanol–water partition coefficient (Wildman–Crippen LogP) is 1.20. The molecule has 0 aromatic carbocycles. The molecule has 0 spiro atoms. The van der Waals surface area contributed by atoms with E-state index in [0.29, 0.717) is 0 Å². The third-order valence-corrected chi connectivity index (χ3v) is 4.14. The highest BCUT2D eigenvalue weighted by molar-refractivity contribution is 5.79. The van der Waals surface area contributed by atoms with Crippen LogP contribution in [0.25, 0.3) is 0 Å². The van der Waals surface area contributed by atoms with Crippen LogP contribution >= 0.6 is 0 Å². The molecule has 3 N–H and O–H groups in total. The van der Waals surface area contributed by atoms with Crippen molar-refractivity contribution in [2.45, 2.75) is 56.5 Å². The monoisotopic (exact) mass is 226 g/mol. The first kappa shape index (κ1) is 11.9. The van der Waals surface area contributed by atoms with E-state index >= 15 is 0 Å². The highest BCUT2D eigenvalue weighted by Crippen LogP contribution is 2.35. The molecule has 1 aliphatic heterocycles. The van der Waals surface area contributed by atoms with Crippen molar-refractivity contribution < 1.29 is 9.90 Å². The molecule has 0 bridgehead atoms. The van der Waals surface area contributed by atoms with Gasteiger partial charge in [0.25, 0.3) is 0 Å². The van der Waals surface area contributed by atoms with Crippen molar-refractivity contribution in [3.05, 3.63) is 0 Å². The number of carboxylic acid groups (broad SMARTS) is 1. The molecule has 4 nitrogen and oxygen atoms in total. The topological polar surface area (TPSA) is 66.6 Å². The summed E-state index contributed by atoms with van der Waals surface area (Å²) < 4.78 is 0. The SMILES string of the molecule is NC1CCCN(C2(C(=O)O)CCCCC2)C1. The van der Waals surface area contributed by atoms with Crippen molar-refractivity contribution in [3.8, 4) is 0 Å². The van der Waals surface area contributed by atoms with Crippen molar-refractivity contribution >= 4 is 5.97 Å². The fourth-order valence-corrected chi connectivity index (χ4v) is 3.20. The van der Waals surface area contributed by atoms with Gasteiger partial charge in [-0.2, -0.15) is 0 Å². The minimum absolute atomic E-state index is 0.159. The molecule has 1 heterocycles. The molecule has 1 aliphatic carbocycles. The van der Waals surface area contributed by atoms with E-state index in [1.54, 1.807) is 0 Å². The smallest absolute Gasteiger partial charge is 0.324 e. The molecule has 2 rings (SSSR count). The van der Waals surface area contributed by atoms with Gasteiger partial charge in [-0.05, 0) is 32.2 Å². The predicted molar refractivity (Wildman–Crippen MR) is 62.2 cm³/mol. The molecule has 2 fully saturated rings. The number of nitrogens with two attached hydrogens (primary N) is 1. The molecule has 0 amide bonds. The molecule has 0 aromatic heterocycles. The highest BCUT2D eigenvalue weighted by atomic mass is 16.4. The van der Waals surface area contributed by atoms with Gasteiger partial charge in [-0.15, -0.1) is 0 Å². The second-order valence-electron chi connectivity index (χ2n) is 5.25. The van der Waals surface area contributed by atoms with E-state index in [1.165, 1.54) is 6.42 Å². The zero-order valence-corrected chi connectivity index (χ0v) is 9.82. The lowest BCUT2D eigenvalue weighted by atomic mass is 9.79. The minimum Gasteiger partial charge on any atom is -0.480 e. The van der Waals surface area contributed by atoms with Crippen LogP contribution < -0.4 is 5.73 Å². The van der Waals surface area contributed by atoms with E-state index in [-0.39, 0.29) is 6.04 Å².